The molecule has 2 nitrogen and oxygen atoms in total. The number of nitrogens with one attached hydrogen (secondary N) is 1. The maximum atomic E-state index is 3.21. The van der Waals surface area contributed by atoms with Gasteiger partial charge in [0.15, 0.2) is 0 Å². The molecule has 0 aliphatic rings. The first-order valence-corrected chi connectivity index (χ1v) is 5.67. The van der Waals surface area contributed by atoms with Gasteiger partial charge in [0.05, 0.1) is 0 Å². The standard InChI is InChI=1S/C12H28N2/c1-8-14(10-9-13-7)12(5,6)11(2,3)4/h13H,8-10H2,1-7H3. The third-order valence-electron chi connectivity index (χ3n) is 3.64. The Hall–Kier alpha value is -0.0800. The van der Waals surface area contributed by atoms with Gasteiger partial charge in [-0.05, 0) is 32.9 Å². The van der Waals surface area contributed by atoms with E-state index in [1.54, 1.807) is 0 Å². The topological polar surface area (TPSA) is 15.3 Å². The highest BCUT2D eigenvalue weighted by atomic mass is 15.2. The zero-order valence-electron chi connectivity index (χ0n) is 11.1. The molecule has 0 atom stereocenters. The van der Waals surface area contributed by atoms with E-state index in [2.05, 4.69) is 51.8 Å². The van der Waals surface area contributed by atoms with Gasteiger partial charge in [0.1, 0.15) is 0 Å². The summed E-state index contributed by atoms with van der Waals surface area (Å²) in [6.07, 6.45) is 0. The average Bonchev–Trinajstić information content (AvgIpc) is 2.03. The van der Waals surface area contributed by atoms with Crippen LogP contribution in [0.15, 0.2) is 0 Å². The Morgan fingerprint density at radius 1 is 1.07 bits per heavy atom. The molecule has 0 aliphatic carbocycles. The molecule has 0 saturated heterocycles. The zero-order chi connectivity index (χ0) is 11.4. The number of nitrogens with zero attached hydrogens (tertiary/aromatic N) is 1. The van der Waals surface area contributed by atoms with Gasteiger partial charge in [-0.1, -0.05) is 27.7 Å². The Morgan fingerprint density at radius 2 is 1.57 bits per heavy atom. The van der Waals surface area contributed by atoms with Crippen molar-refractivity contribution >= 4 is 0 Å². The molecular weight excluding hydrogens is 172 g/mol. The van der Waals surface area contributed by atoms with Crippen molar-refractivity contribution in [3.8, 4) is 0 Å². The molecule has 86 valence electrons. The summed E-state index contributed by atoms with van der Waals surface area (Å²) in [5.74, 6) is 0. The van der Waals surface area contributed by atoms with Crippen molar-refractivity contribution in [1.29, 1.82) is 0 Å². The van der Waals surface area contributed by atoms with Crippen LogP contribution in [0.4, 0.5) is 0 Å². The van der Waals surface area contributed by atoms with Crippen LogP contribution in [-0.2, 0) is 0 Å². The van der Waals surface area contributed by atoms with Crippen LogP contribution >= 0.6 is 0 Å². The van der Waals surface area contributed by atoms with E-state index in [4.69, 9.17) is 0 Å². The molecule has 0 bridgehead atoms. The minimum absolute atomic E-state index is 0.249. The van der Waals surface area contributed by atoms with Crippen LogP contribution in [0.25, 0.3) is 0 Å². The van der Waals surface area contributed by atoms with Crippen molar-refractivity contribution in [3.63, 3.8) is 0 Å². The molecule has 0 fully saturated rings. The summed E-state index contributed by atoms with van der Waals surface area (Å²) in [6.45, 7) is 17.2. The lowest BCUT2D eigenvalue weighted by Crippen LogP contribution is -2.54. The van der Waals surface area contributed by atoms with Gasteiger partial charge in [-0.3, -0.25) is 4.90 Å². The van der Waals surface area contributed by atoms with E-state index >= 15 is 0 Å². The summed E-state index contributed by atoms with van der Waals surface area (Å²) in [5, 5.41) is 3.21. The van der Waals surface area contributed by atoms with Gasteiger partial charge < -0.3 is 5.32 Å². The molecule has 1 N–H and O–H groups in total. The van der Waals surface area contributed by atoms with E-state index in [9.17, 15) is 0 Å². The summed E-state index contributed by atoms with van der Waals surface area (Å²) in [6, 6.07) is 0. The molecule has 0 aromatic carbocycles. The minimum atomic E-state index is 0.249. The summed E-state index contributed by atoms with van der Waals surface area (Å²) in [7, 11) is 2.01. The summed E-state index contributed by atoms with van der Waals surface area (Å²) in [4.78, 5) is 2.55. The monoisotopic (exact) mass is 200 g/mol. The summed E-state index contributed by atoms with van der Waals surface area (Å²) < 4.78 is 0. The predicted molar refractivity (Wildman–Crippen MR) is 64.7 cm³/mol. The number of rotatable bonds is 5. The molecule has 0 heterocycles. The molecular formula is C12H28N2. The number of likely N-dealkylation sites (N-methyl/N-ethyl adjacent to an activating group) is 2. The molecule has 0 spiro atoms. The number of hydrogen-bond acceptors (Lipinski definition) is 2. The smallest absolute Gasteiger partial charge is 0.0201 e. The summed E-state index contributed by atoms with van der Waals surface area (Å²) >= 11 is 0. The molecule has 14 heavy (non-hydrogen) atoms. The van der Waals surface area contributed by atoms with Gasteiger partial charge in [-0.25, -0.2) is 0 Å². The molecule has 0 radical (unpaired) electrons. The van der Waals surface area contributed by atoms with Crippen LogP contribution in [-0.4, -0.2) is 37.1 Å². The van der Waals surface area contributed by atoms with E-state index in [0.717, 1.165) is 19.6 Å². The van der Waals surface area contributed by atoms with E-state index in [-0.39, 0.29) is 5.54 Å². The second-order valence-corrected chi connectivity index (χ2v) is 5.49. The molecule has 0 amide bonds. The molecule has 2 heteroatoms. The molecule has 0 saturated carbocycles. The SMILES string of the molecule is CCN(CCNC)C(C)(C)C(C)(C)C. The van der Waals surface area contributed by atoms with E-state index < -0.39 is 0 Å². The van der Waals surface area contributed by atoms with Gasteiger partial charge in [0, 0.05) is 18.6 Å². The van der Waals surface area contributed by atoms with Crippen molar-refractivity contribution in [1.82, 2.24) is 10.2 Å². The fraction of sp³-hybridized carbons (Fsp3) is 1.00. The third-order valence-corrected chi connectivity index (χ3v) is 3.64. The predicted octanol–water partition coefficient (Wildman–Crippen LogP) is 2.35. The maximum Gasteiger partial charge on any atom is 0.0201 e. The largest absolute Gasteiger partial charge is 0.318 e. The van der Waals surface area contributed by atoms with Crippen LogP contribution in [0.3, 0.4) is 0 Å². The Morgan fingerprint density at radius 3 is 1.86 bits per heavy atom. The van der Waals surface area contributed by atoms with Crippen molar-refractivity contribution in [2.45, 2.75) is 47.1 Å². The molecule has 0 aromatic heterocycles. The highest BCUT2D eigenvalue weighted by Crippen LogP contribution is 2.34. The maximum absolute atomic E-state index is 3.21. The molecule has 0 aliphatic heterocycles. The van der Waals surface area contributed by atoms with E-state index in [1.165, 1.54) is 0 Å². The first-order chi connectivity index (χ1) is 6.27. The van der Waals surface area contributed by atoms with Crippen molar-refractivity contribution < 1.29 is 0 Å². The second-order valence-electron chi connectivity index (χ2n) is 5.49. The van der Waals surface area contributed by atoms with Gasteiger partial charge in [0.25, 0.3) is 0 Å². The minimum Gasteiger partial charge on any atom is -0.318 e. The van der Waals surface area contributed by atoms with Gasteiger partial charge in [-0.15, -0.1) is 0 Å². The van der Waals surface area contributed by atoms with Crippen LogP contribution < -0.4 is 5.32 Å². The van der Waals surface area contributed by atoms with E-state index in [0.29, 0.717) is 5.41 Å². The van der Waals surface area contributed by atoms with Crippen molar-refractivity contribution in [2.75, 3.05) is 26.7 Å². The molecule has 0 rings (SSSR count). The first-order valence-electron chi connectivity index (χ1n) is 5.67. The van der Waals surface area contributed by atoms with Gasteiger partial charge in [0.2, 0.25) is 0 Å². The lowest BCUT2D eigenvalue weighted by atomic mass is 9.75. The Bertz CT molecular complexity index is 156. The number of hydrogen-bond donors (Lipinski definition) is 1. The Balaban J connectivity index is 4.49. The van der Waals surface area contributed by atoms with Crippen LogP contribution in [0.1, 0.15) is 41.5 Å². The van der Waals surface area contributed by atoms with Crippen LogP contribution in [0.2, 0.25) is 0 Å². The zero-order valence-corrected chi connectivity index (χ0v) is 11.1. The quantitative estimate of drug-likeness (QED) is 0.733. The molecule has 0 aromatic rings. The van der Waals surface area contributed by atoms with E-state index in [1.807, 2.05) is 7.05 Å². The van der Waals surface area contributed by atoms with Crippen LogP contribution in [0.5, 0.6) is 0 Å². The highest BCUT2D eigenvalue weighted by molar-refractivity contribution is 4.92. The van der Waals surface area contributed by atoms with Gasteiger partial charge in [-0.2, -0.15) is 0 Å². The van der Waals surface area contributed by atoms with Gasteiger partial charge >= 0.3 is 0 Å². The Labute approximate surface area is 90.1 Å². The highest BCUT2D eigenvalue weighted by Gasteiger charge is 2.36. The molecule has 0 unspecified atom stereocenters. The average molecular weight is 200 g/mol. The first kappa shape index (κ1) is 13.9. The summed E-state index contributed by atoms with van der Waals surface area (Å²) in [5.41, 5.74) is 0.565. The van der Waals surface area contributed by atoms with Crippen LogP contribution in [0, 0.1) is 5.41 Å². The van der Waals surface area contributed by atoms with Crippen molar-refractivity contribution in [3.05, 3.63) is 0 Å². The third kappa shape index (κ3) is 3.25. The fourth-order valence-electron chi connectivity index (χ4n) is 1.55. The second kappa shape index (κ2) is 5.13. The fourth-order valence-corrected chi connectivity index (χ4v) is 1.55. The Kier molecular flexibility index (Phi) is 5.10. The normalized spacial score (nSPS) is 13.7. The lowest BCUT2D eigenvalue weighted by Gasteiger charge is -2.47. The lowest BCUT2D eigenvalue weighted by molar-refractivity contribution is 0.0271. The van der Waals surface area contributed by atoms with Crippen molar-refractivity contribution in [2.24, 2.45) is 5.41 Å².